The van der Waals surface area contributed by atoms with Crippen molar-refractivity contribution in [3.05, 3.63) is 0 Å². The van der Waals surface area contributed by atoms with Crippen LogP contribution in [0.15, 0.2) is 0 Å². The Morgan fingerprint density at radius 1 is 1.62 bits per heavy atom. The predicted molar refractivity (Wildman–Crippen MR) is 30.3 cm³/mol. The Labute approximate surface area is 48.6 Å². The van der Waals surface area contributed by atoms with Crippen molar-refractivity contribution in [1.29, 1.82) is 0 Å². The Morgan fingerprint density at radius 3 is 2.75 bits per heavy atom. The summed E-state index contributed by atoms with van der Waals surface area (Å²) in [5.74, 6) is 0. The van der Waals surface area contributed by atoms with Crippen LogP contribution in [0, 0.1) is 0 Å². The summed E-state index contributed by atoms with van der Waals surface area (Å²) in [5.41, 5.74) is 2.93. The SMILES string of the molecule is O=CCNN1CCC1. The molecule has 8 heavy (non-hydrogen) atoms. The lowest BCUT2D eigenvalue weighted by atomic mass is 10.3. The molecular weight excluding hydrogens is 104 g/mol. The highest BCUT2D eigenvalue weighted by Gasteiger charge is 2.10. The van der Waals surface area contributed by atoms with Gasteiger partial charge in [-0.3, -0.25) is 0 Å². The summed E-state index contributed by atoms with van der Waals surface area (Å²) in [7, 11) is 0. The summed E-state index contributed by atoms with van der Waals surface area (Å²) in [4.78, 5) is 9.76. The smallest absolute Gasteiger partial charge is 0.135 e. The Hall–Kier alpha value is -0.410. The summed E-state index contributed by atoms with van der Waals surface area (Å²) in [6.45, 7) is 2.64. The Kier molecular flexibility index (Phi) is 2.00. The molecule has 1 aliphatic rings. The molecule has 46 valence electrons. The van der Waals surface area contributed by atoms with Crippen LogP contribution in [0.1, 0.15) is 6.42 Å². The summed E-state index contributed by atoms with van der Waals surface area (Å²) < 4.78 is 0. The van der Waals surface area contributed by atoms with Gasteiger partial charge in [-0.15, -0.1) is 0 Å². The molecule has 0 aliphatic carbocycles. The van der Waals surface area contributed by atoms with Gasteiger partial charge in [0.15, 0.2) is 0 Å². The van der Waals surface area contributed by atoms with E-state index >= 15 is 0 Å². The Balaban J connectivity index is 1.93. The third-order valence-corrected chi connectivity index (χ3v) is 1.25. The molecule has 1 saturated heterocycles. The summed E-state index contributed by atoms with van der Waals surface area (Å²) >= 11 is 0. The van der Waals surface area contributed by atoms with Gasteiger partial charge in [0, 0.05) is 13.1 Å². The van der Waals surface area contributed by atoms with Crippen molar-refractivity contribution in [2.45, 2.75) is 6.42 Å². The highest BCUT2D eigenvalue weighted by atomic mass is 16.1. The van der Waals surface area contributed by atoms with Gasteiger partial charge in [-0.25, -0.2) is 10.4 Å². The average Bonchev–Trinajstić information content (AvgIpc) is 1.63. The molecule has 0 amide bonds. The molecule has 0 radical (unpaired) electrons. The zero-order valence-electron chi connectivity index (χ0n) is 4.76. The first-order valence-corrected chi connectivity index (χ1v) is 2.85. The molecule has 3 nitrogen and oxygen atoms in total. The maximum Gasteiger partial charge on any atom is 0.135 e. The van der Waals surface area contributed by atoms with E-state index in [2.05, 4.69) is 5.43 Å². The molecule has 0 saturated carbocycles. The largest absolute Gasteiger partial charge is 0.302 e. The molecule has 1 fully saturated rings. The van der Waals surface area contributed by atoms with Gasteiger partial charge in [-0.05, 0) is 6.42 Å². The number of nitrogens with one attached hydrogen (secondary N) is 1. The minimum Gasteiger partial charge on any atom is -0.302 e. The van der Waals surface area contributed by atoms with E-state index in [1.807, 2.05) is 5.01 Å². The predicted octanol–water partition coefficient (Wildman–Crippen LogP) is -0.604. The van der Waals surface area contributed by atoms with E-state index in [-0.39, 0.29) is 0 Å². The van der Waals surface area contributed by atoms with Gasteiger partial charge in [-0.1, -0.05) is 0 Å². The minimum absolute atomic E-state index is 0.458. The first-order chi connectivity index (χ1) is 3.93. The van der Waals surface area contributed by atoms with Crippen LogP contribution in [0.25, 0.3) is 0 Å². The topological polar surface area (TPSA) is 32.3 Å². The van der Waals surface area contributed by atoms with Gasteiger partial charge in [0.1, 0.15) is 6.29 Å². The molecule has 1 rings (SSSR count). The van der Waals surface area contributed by atoms with Gasteiger partial charge in [-0.2, -0.15) is 0 Å². The summed E-state index contributed by atoms with van der Waals surface area (Å²) in [6, 6.07) is 0. The molecule has 1 aliphatic heterocycles. The van der Waals surface area contributed by atoms with E-state index < -0.39 is 0 Å². The minimum atomic E-state index is 0.458. The molecule has 0 aromatic heterocycles. The maximum atomic E-state index is 9.76. The fraction of sp³-hybridized carbons (Fsp3) is 0.800. The third-order valence-electron chi connectivity index (χ3n) is 1.25. The van der Waals surface area contributed by atoms with Crippen LogP contribution in [-0.4, -0.2) is 30.9 Å². The second kappa shape index (κ2) is 2.79. The quantitative estimate of drug-likeness (QED) is 0.497. The van der Waals surface area contributed by atoms with Gasteiger partial charge in [0.2, 0.25) is 0 Å². The van der Waals surface area contributed by atoms with Gasteiger partial charge < -0.3 is 4.79 Å². The number of carbonyl (C=O) groups excluding carboxylic acids is 1. The van der Waals surface area contributed by atoms with Crippen molar-refractivity contribution in [2.75, 3.05) is 19.6 Å². The number of nitrogens with zero attached hydrogens (tertiary/aromatic N) is 1. The Morgan fingerprint density at radius 2 is 2.38 bits per heavy atom. The van der Waals surface area contributed by atoms with Crippen LogP contribution in [0.2, 0.25) is 0 Å². The lowest BCUT2D eigenvalue weighted by Crippen LogP contribution is -2.48. The highest BCUT2D eigenvalue weighted by Crippen LogP contribution is 1.98. The van der Waals surface area contributed by atoms with E-state index in [1.165, 1.54) is 6.42 Å². The van der Waals surface area contributed by atoms with Crippen LogP contribution in [0.4, 0.5) is 0 Å². The van der Waals surface area contributed by atoms with Crippen molar-refractivity contribution in [2.24, 2.45) is 0 Å². The van der Waals surface area contributed by atoms with E-state index in [0.29, 0.717) is 6.54 Å². The fourth-order valence-electron chi connectivity index (χ4n) is 0.641. The molecule has 0 aromatic rings. The maximum absolute atomic E-state index is 9.76. The van der Waals surface area contributed by atoms with Crippen molar-refractivity contribution in [1.82, 2.24) is 10.4 Å². The molecule has 3 heteroatoms. The molecule has 1 heterocycles. The Bertz CT molecular complexity index is 80.5. The highest BCUT2D eigenvalue weighted by molar-refractivity contribution is 5.51. The second-order valence-electron chi connectivity index (χ2n) is 1.87. The molecule has 0 atom stereocenters. The molecular formula is C5H10N2O. The number of hydrogen-bond acceptors (Lipinski definition) is 3. The fourth-order valence-corrected chi connectivity index (χ4v) is 0.641. The van der Waals surface area contributed by atoms with Crippen LogP contribution < -0.4 is 5.43 Å². The van der Waals surface area contributed by atoms with Crippen molar-refractivity contribution >= 4 is 6.29 Å². The lowest BCUT2D eigenvalue weighted by Gasteiger charge is -2.30. The number of rotatable bonds is 3. The first kappa shape index (κ1) is 5.72. The first-order valence-electron chi connectivity index (χ1n) is 2.85. The van der Waals surface area contributed by atoms with Crippen LogP contribution >= 0.6 is 0 Å². The standard InChI is InChI=1S/C5H10N2O/c8-5-2-6-7-3-1-4-7/h5-6H,1-4H2. The van der Waals surface area contributed by atoms with Crippen LogP contribution in [-0.2, 0) is 4.79 Å². The average molecular weight is 114 g/mol. The number of carbonyl (C=O) groups is 1. The van der Waals surface area contributed by atoms with Gasteiger partial charge >= 0.3 is 0 Å². The lowest BCUT2D eigenvalue weighted by molar-refractivity contribution is -0.108. The molecule has 0 aromatic carbocycles. The van der Waals surface area contributed by atoms with E-state index in [0.717, 1.165) is 19.4 Å². The zero-order chi connectivity index (χ0) is 5.82. The summed E-state index contributed by atoms with van der Waals surface area (Å²) in [5, 5.41) is 2.04. The molecule has 0 spiro atoms. The molecule has 1 N–H and O–H groups in total. The van der Waals surface area contributed by atoms with Gasteiger partial charge in [0.05, 0.1) is 6.54 Å². The van der Waals surface area contributed by atoms with Crippen molar-refractivity contribution < 1.29 is 4.79 Å². The van der Waals surface area contributed by atoms with E-state index in [9.17, 15) is 4.79 Å². The number of hydrogen-bond donors (Lipinski definition) is 1. The van der Waals surface area contributed by atoms with Gasteiger partial charge in [0.25, 0.3) is 0 Å². The van der Waals surface area contributed by atoms with E-state index in [4.69, 9.17) is 0 Å². The van der Waals surface area contributed by atoms with Crippen LogP contribution in [0.5, 0.6) is 0 Å². The number of hydrazine groups is 1. The third kappa shape index (κ3) is 1.28. The van der Waals surface area contributed by atoms with Crippen molar-refractivity contribution in [3.8, 4) is 0 Å². The molecule has 0 bridgehead atoms. The number of aldehydes is 1. The van der Waals surface area contributed by atoms with Crippen LogP contribution in [0.3, 0.4) is 0 Å². The molecule has 0 unspecified atom stereocenters. The summed E-state index contributed by atoms with van der Waals surface area (Å²) in [6.07, 6.45) is 2.13. The van der Waals surface area contributed by atoms with E-state index in [1.54, 1.807) is 0 Å². The van der Waals surface area contributed by atoms with Crippen molar-refractivity contribution in [3.63, 3.8) is 0 Å². The normalized spacial score (nSPS) is 20.0. The monoisotopic (exact) mass is 114 g/mol. The second-order valence-corrected chi connectivity index (χ2v) is 1.87. The zero-order valence-corrected chi connectivity index (χ0v) is 4.76.